The molecule has 10 heteroatoms. The third kappa shape index (κ3) is 2.92. The molecular formula is C17H15ClN4O4S. The highest BCUT2D eigenvalue weighted by Crippen LogP contribution is 2.38. The molecule has 0 atom stereocenters. The molecule has 0 unspecified atom stereocenters. The number of hydrogen-bond acceptors (Lipinski definition) is 6. The molecule has 1 aliphatic rings. The number of benzene rings is 1. The van der Waals surface area contributed by atoms with Crippen LogP contribution in [0.5, 0.6) is 5.75 Å². The summed E-state index contributed by atoms with van der Waals surface area (Å²) < 4.78 is 29.6. The van der Waals surface area contributed by atoms with Gasteiger partial charge in [-0.15, -0.1) is 0 Å². The third-order valence-electron chi connectivity index (χ3n) is 4.37. The number of H-pyrrole nitrogens is 1. The van der Waals surface area contributed by atoms with Crippen LogP contribution in [0.2, 0.25) is 5.02 Å². The monoisotopic (exact) mass is 406 g/mol. The van der Waals surface area contributed by atoms with Gasteiger partial charge in [-0.3, -0.25) is 9.48 Å². The van der Waals surface area contributed by atoms with Gasteiger partial charge in [0.1, 0.15) is 17.1 Å². The molecule has 140 valence electrons. The lowest BCUT2D eigenvalue weighted by Crippen LogP contribution is -2.12. The zero-order valence-corrected chi connectivity index (χ0v) is 16.1. The highest BCUT2D eigenvalue weighted by molar-refractivity contribution is 7.72. The summed E-state index contributed by atoms with van der Waals surface area (Å²) in [6, 6.07) is 3.24. The fourth-order valence-corrected chi connectivity index (χ4v) is 3.92. The predicted molar refractivity (Wildman–Crippen MR) is 102 cm³/mol. The topological polar surface area (TPSA) is 107 Å². The summed E-state index contributed by atoms with van der Waals surface area (Å²) >= 11 is 6.19. The second-order valence-electron chi connectivity index (χ2n) is 6.26. The number of fused-ring (bicyclic) bond motifs is 2. The molecule has 1 N–H and O–H groups in total. The lowest BCUT2D eigenvalue weighted by atomic mass is 10.1. The highest BCUT2D eigenvalue weighted by Gasteiger charge is 2.26. The number of ether oxygens (including phenoxy) is 1. The molecule has 1 aromatic carbocycles. The second kappa shape index (κ2) is 6.50. The van der Waals surface area contributed by atoms with Crippen LogP contribution in [0, 0.1) is 0 Å². The molecule has 0 saturated heterocycles. The van der Waals surface area contributed by atoms with Gasteiger partial charge in [0, 0.05) is 17.6 Å². The fourth-order valence-electron chi connectivity index (χ4n) is 3.26. The van der Waals surface area contributed by atoms with Crippen LogP contribution < -0.4 is 10.3 Å². The molecule has 0 saturated carbocycles. The van der Waals surface area contributed by atoms with Crippen molar-refractivity contribution in [3.63, 3.8) is 0 Å². The van der Waals surface area contributed by atoms with Gasteiger partial charge in [0.25, 0.3) is 15.9 Å². The summed E-state index contributed by atoms with van der Waals surface area (Å²) in [6.07, 6.45) is 1.66. The average molecular weight is 407 g/mol. The van der Waals surface area contributed by atoms with Crippen LogP contribution in [0.3, 0.4) is 0 Å². The molecule has 0 bridgehead atoms. The third-order valence-corrected chi connectivity index (χ3v) is 5.19. The molecule has 0 fully saturated rings. The number of hydrogen-bond donors (Lipinski definition) is 1. The van der Waals surface area contributed by atoms with Gasteiger partial charge in [-0.05, 0) is 18.6 Å². The SMILES string of the molecule is CCCc1nn(C)c2c(=O)[nH]c(-c3cc(Cl)cc4c3OC(=S(=O)=O)C4)nc12. The maximum atomic E-state index is 12.6. The van der Waals surface area contributed by atoms with Crippen LogP contribution in [-0.4, -0.2) is 33.2 Å². The first-order valence-electron chi connectivity index (χ1n) is 8.30. The summed E-state index contributed by atoms with van der Waals surface area (Å²) in [5.41, 5.74) is 2.35. The highest BCUT2D eigenvalue weighted by atomic mass is 35.5. The Bertz CT molecular complexity index is 1280. The Labute approximate surface area is 160 Å². The van der Waals surface area contributed by atoms with Crippen molar-refractivity contribution in [3.8, 4) is 17.1 Å². The molecule has 1 aliphatic heterocycles. The molecule has 0 spiro atoms. The van der Waals surface area contributed by atoms with E-state index in [1.807, 2.05) is 6.92 Å². The van der Waals surface area contributed by atoms with Crippen LogP contribution in [0.4, 0.5) is 0 Å². The van der Waals surface area contributed by atoms with Crippen molar-refractivity contribution in [1.82, 2.24) is 19.7 Å². The van der Waals surface area contributed by atoms with Gasteiger partial charge in [0.15, 0.2) is 5.52 Å². The fraction of sp³-hybridized carbons (Fsp3) is 0.294. The molecule has 0 amide bonds. The maximum absolute atomic E-state index is 12.6. The lowest BCUT2D eigenvalue weighted by molar-refractivity contribution is 0.570. The molecule has 0 radical (unpaired) electrons. The van der Waals surface area contributed by atoms with Gasteiger partial charge in [0.2, 0.25) is 5.05 Å². The van der Waals surface area contributed by atoms with E-state index < -0.39 is 10.3 Å². The van der Waals surface area contributed by atoms with Crippen molar-refractivity contribution in [3.05, 3.63) is 38.8 Å². The van der Waals surface area contributed by atoms with E-state index in [9.17, 15) is 13.2 Å². The van der Waals surface area contributed by atoms with Crippen molar-refractivity contribution < 1.29 is 13.2 Å². The van der Waals surface area contributed by atoms with Gasteiger partial charge in [-0.1, -0.05) is 24.9 Å². The van der Waals surface area contributed by atoms with E-state index in [4.69, 9.17) is 16.3 Å². The molecule has 3 heterocycles. The molecule has 27 heavy (non-hydrogen) atoms. The average Bonchev–Trinajstić information content (AvgIpc) is 3.16. The number of nitrogens with one attached hydrogen (secondary N) is 1. The zero-order chi connectivity index (χ0) is 19.3. The van der Waals surface area contributed by atoms with Gasteiger partial charge < -0.3 is 9.72 Å². The zero-order valence-electron chi connectivity index (χ0n) is 14.5. The summed E-state index contributed by atoms with van der Waals surface area (Å²) in [6.45, 7) is 2.02. The first-order valence-corrected chi connectivity index (χ1v) is 9.76. The van der Waals surface area contributed by atoms with Crippen LogP contribution in [0.1, 0.15) is 24.6 Å². The van der Waals surface area contributed by atoms with Crippen molar-refractivity contribution in [1.29, 1.82) is 0 Å². The van der Waals surface area contributed by atoms with E-state index >= 15 is 0 Å². The molecule has 3 aromatic rings. The predicted octanol–water partition coefficient (Wildman–Crippen LogP) is 1.87. The summed E-state index contributed by atoms with van der Waals surface area (Å²) in [4.78, 5) is 20.0. The van der Waals surface area contributed by atoms with Gasteiger partial charge in [-0.2, -0.15) is 13.5 Å². The smallest absolute Gasteiger partial charge is 0.277 e. The molecule has 4 rings (SSSR count). The Morgan fingerprint density at radius 1 is 1.37 bits per heavy atom. The lowest BCUT2D eigenvalue weighted by Gasteiger charge is -2.08. The number of aromatic amines is 1. The quantitative estimate of drug-likeness (QED) is 0.665. The minimum absolute atomic E-state index is 0.0926. The summed E-state index contributed by atoms with van der Waals surface area (Å²) in [5.74, 6) is 0.594. The van der Waals surface area contributed by atoms with Crippen LogP contribution in [-0.2, 0) is 30.2 Å². The number of aromatic nitrogens is 4. The van der Waals surface area contributed by atoms with E-state index in [2.05, 4.69) is 15.1 Å². The van der Waals surface area contributed by atoms with E-state index in [0.29, 0.717) is 39.4 Å². The van der Waals surface area contributed by atoms with Crippen molar-refractivity contribution in [2.24, 2.45) is 7.05 Å². The van der Waals surface area contributed by atoms with E-state index in [1.54, 1.807) is 19.2 Å². The van der Waals surface area contributed by atoms with E-state index in [1.165, 1.54) is 4.68 Å². The molecular weight excluding hydrogens is 392 g/mol. The molecule has 8 nitrogen and oxygen atoms in total. The van der Waals surface area contributed by atoms with Crippen LogP contribution >= 0.6 is 11.6 Å². The van der Waals surface area contributed by atoms with E-state index in [0.717, 1.165) is 12.1 Å². The second-order valence-corrected chi connectivity index (χ2v) is 7.62. The Balaban J connectivity index is 1.99. The standard InChI is InChI=1S/C17H15ClN4O4S/c1-3-4-11-13-14(22(2)21-11)17(23)20-16(19-13)10-7-9(18)5-8-6-12(27(24)25)26-15(8)10/h5,7H,3-4,6H2,1-2H3,(H,19,20,23). The van der Waals surface area contributed by atoms with Crippen LogP contribution in [0.25, 0.3) is 22.4 Å². The minimum atomic E-state index is -2.47. The summed E-state index contributed by atoms with van der Waals surface area (Å²) in [5, 5.41) is 4.70. The number of halogens is 1. The Kier molecular flexibility index (Phi) is 4.27. The summed E-state index contributed by atoms with van der Waals surface area (Å²) in [7, 11) is -0.775. The molecule has 0 aliphatic carbocycles. The number of aryl methyl sites for hydroxylation is 2. The van der Waals surface area contributed by atoms with Crippen molar-refractivity contribution >= 4 is 38.0 Å². The first-order chi connectivity index (χ1) is 12.9. The Hall–Kier alpha value is -2.65. The van der Waals surface area contributed by atoms with Gasteiger partial charge >= 0.3 is 0 Å². The van der Waals surface area contributed by atoms with Crippen molar-refractivity contribution in [2.75, 3.05) is 0 Å². The van der Waals surface area contributed by atoms with E-state index in [-0.39, 0.29) is 22.9 Å². The minimum Gasteiger partial charge on any atom is -0.444 e. The molecule has 2 aromatic heterocycles. The number of nitrogens with zero attached hydrogens (tertiary/aromatic N) is 3. The Morgan fingerprint density at radius 2 is 2.15 bits per heavy atom. The van der Waals surface area contributed by atoms with Crippen molar-refractivity contribution in [2.45, 2.75) is 26.2 Å². The Morgan fingerprint density at radius 3 is 2.85 bits per heavy atom. The first kappa shape index (κ1) is 17.7. The van der Waals surface area contributed by atoms with Gasteiger partial charge in [0.05, 0.1) is 17.7 Å². The largest absolute Gasteiger partial charge is 0.444 e. The van der Waals surface area contributed by atoms with Crippen LogP contribution in [0.15, 0.2) is 16.9 Å². The normalized spacial score (nSPS) is 13.1. The maximum Gasteiger partial charge on any atom is 0.277 e. The van der Waals surface area contributed by atoms with Gasteiger partial charge in [-0.25, -0.2) is 4.98 Å². The number of rotatable bonds is 3.